The van der Waals surface area contributed by atoms with Gasteiger partial charge in [0.05, 0.1) is 7.11 Å². The molecule has 94 valence electrons. The second kappa shape index (κ2) is 6.03. The van der Waals surface area contributed by atoms with Gasteiger partial charge in [-0.3, -0.25) is 0 Å². The molecule has 3 nitrogen and oxygen atoms in total. The molecule has 0 aromatic heterocycles. The van der Waals surface area contributed by atoms with Crippen molar-refractivity contribution in [3.05, 3.63) is 29.8 Å². The smallest absolute Gasteiger partial charge is 0.119 e. The fourth-order valence-electron chi connectivity index (χ4n) is 2.52. The lowest BCUT2D eigenvalue weighted by Crippen LogP contribution is -2.23. The van der Waals surface area contributed by atoms with E-state index in [9.17, 15) is 0 Å². The molecule has 1 heterocycles. The van der Waals surface area contributed by atoms with Crippen molar-refractivity contribution in [2.75, 3.05) is 33.3 Å². The van der Waals surface area contributed by atoms with E-state index >= 15 is 0 Å². The molecule has 1 aromatic carbocycles. The highest BCUT2D eigenvalue weighted by Crippen LogP contribution is 2.29. The van der Waals surface area contributed by atoms with Crippen molar-refractivity contribution in [3.8, 4) is 5.75 Å². The van der Waals surface area contributed by atoms with Crippen LogP contribution in [0.25, 0.3) is 0 Å². The fourth-order valence-corrected chi connectivity index (χ4v) is 2.52. The first-order chi connectivity index (χ1) is 8.33. The van der Waals surface area contributed by atoms with Crippen LogP contribution in [-0.4, -0.2) is 38.2 Å². The number of methoxy groups -OCH3 is 1. The van der Waals surface area contributed by atoms with Gasteiger partial charge >= 0.3 is 0 Å². The van der Waals surface area contributed by atoms with E-state index in [1.54, 1.807) is 7.11 Å². The largest absolute Gasteiger partial charge is 0.497 e. The summed E-state index contributed by atoms with van der Waals surface area (Å²) in [5, 5.41) is 0. The summed E-state index contributed by atoms with van der Waals surface area (Å²) >= 11 is 0. The first-order valence-electron chi connectivity index (χ1n) is 6.40. The lowest BCUT2D eigenvalue weighted by molar-refractivity contribution is 0.331. The zero-order chi connectivity index (χ0) is 12.1. The van der Waals surface area contributed by atoms with Crippen LogP contribution < -0.4 is 10.5 Å². The van der Waals surface area contributed by atoms with Crippen LogP contribution in [0.5, 0.6) is 5.75 Å². The Kier molecular flexibility index (Phi) is 4.40. The molecule has 1 aromatic rings. The van der Waals surface area contributed by atoms with Crippen molar-refractivity contribution < 1.29 is 4.74 Å². The third-order valence-electron chi connectivity index (χ3n) is 3.52. The highest BCUT2D eigenvalue weighted by molar-refractivity contribution is 5.31. The Bertz CT molecular complexity index is 354. The van der Waals surface area contributed by atoms with Crippen LogP contribution in [0.1, 0.15) is 24.3 Å². The maximum absolute atomic E-state index is 5.55. The number of rotatable bonds is 5. The number of benzene rings is 1. The van der Waals surface area contributed by atoms with Crippen LogP contribution >= 0.6 is 0 Å². The van der Waals surface area contributed by atoms with Crippen molar-refractivity contribution in [1.82, 2.24) is 4.90 Å². The van der Waals surface area contributed by atoms with E-state index in [1.165, 1.54) is 18.5 Å². The first-order valence-corrected chi connectivity index (χ1v) is 6.40. The van der Waals surface area contributed by atoms with Crippen molar-refractivity contribution in [2.45, 2.75) is 18.8 Å². The molecule has 0 bridgehead atoms. The van der Waals surface area contributed by atoms with Gasteiger partial charge in [-0.15, -0.1) is 0 Å². The van der Waals surface area contributed by atoms with Crippen LogP contribution in [0.3, 0.4) is 0 Å². The Morgan fingerprint density at radius 2 is 2.35 bits per heavy atom. The summed E-state index contributed by atoms with van der Waals surface area (Å²) < 4.78 is 5.28. The van der Waals surface area contributed by atoms with E-state index in [-0.39, 0.29) is 0 Å². The molecule has 2 rings (SSSR count). The first kappa shape index (κ1) is 12.4. The van der Waals surface area contributed by atoms with Gasteiger partial charge in [0, 0.05) is 6.54 Å². The number of hydrogen-bond acceptors (Lipinski definition) is 3. The van der Waals surface area contributed by atoms with Crippen molar-refractivity contribution in [1.29, 1.82) is 0 Å². The van der Waals surface area contributed by atoms with Gasteiger partial charge in [0.1, 0.15) is 5.75 Å². The second-order valence-corrected chi connectivity index (χ2v) is 4.71. The summed E-state index contributed by atoms with van der Waals surface area (Å²) in [5.41, 5.74) is 6.95. The van der Waals surface area contributed by atoms with Crippen molar-refractivity contribution >= 4 is 0 Å². The molecule has 2 N–H and O–H groups in total. The van der Waals surface area contributed by atoms with E-state index in [1.807, 2.05) is 6.07 Å². The Hall–Kier alpha value is -1.06. The molecule has 0 radical (unpaired) electrons. The molecule has 0 amide bonds. The summed E-state index contributed by atoms with van der Waals surface area (Å²) in [6.07, 6.45) is 2.35. The fraction of sp³-hybridized carbons (Fsp3) is 0.571. The predicted molar refractivity (Wildman–Crippen MR) is 70.5 cm³/mol. The van der Waals surface area contributed by atoms with E-state index < -0.39 is 0 Å². The molecule has 0 saturated carbocycles. The van der Waals surface area contributed by atoms with E-state index in [4.69, 9.17) is 10.5 Å². The van der Waals surface area contributed by atoms with Crippen LogP contribution in [0.4, 0.5) is 0 Å². The Morgan fingerprint density at radius 1 is 1.47 bits per heavy atom. The van der Waals surface area contributed by atoms with Gasteiger partial charge in [-0.25, -0.2) is 0 Å². The van der Waals surface area contributed by atoms with Crippen molar-refractivity contribution in [3.63, 3.8) is 0 Å². The van der Waals surface area contributed by atoms with Crippen LogP contribution in [0.2, 0.25) is 0 Å². The molecule has 1 aliphatic heterocycles. The zero-order valence-corrected chi connectivity index (χ0v) is 10.6. The standard InChI is InChI=1S/C14H22N2O/c1-17-14-5-2-4-12(10-14)13-6-9-16(11-13)8-3-7-15/h2,4-5,10,13H,3,6-9,11,15H2,1H3/t13-/m1/s1. The number of nitrogens with two attached hydrogens (primary N) is 1. The van der Waals surface area contributed by atoms with Gasteiger partial charge in [0.25, 0.3) is 0 Å². The molecule has 1 aliphatic rings. The normalized spacial score (nSPS) is 20.7. The predicted octanol–water partition coefficient (Wildman–Crippen LogP) is 1.83. The third kappa shape index (κ3) is 3.20. The maximum atomic E-state index is 5.55. The van der Waals surface area contributed by atoms with E-state index in [0.29, 0.717) is 5.92 Å². The van der Waals surface area contributed by atoms with Crippen LogP contribution in [0.15, 0.2) is 24.3 Å². The number of hydrogen-bond donors (Lipinski definition) is 1. The molecule has 0 spiro atoms. The van der Waals surface area contributed by atoms with Crippen LogP contribution in [-0.2, 0) is 0 Å². The van der Waals surface area contributed by atoms with E-state index in [2.05, 4.69) is 23.1 Å². The monoisotopic (exact) mass is 234 g/mol. The molecule has 0 unspecified atom stereocenters. The average Bonchev–Trinajstić information content (AvgIpc) is 2.85. The summed E-state index contributed by atoms with van der Waals surface area (Å²) in [5.74, 6) is 1.62. The molecule has 0 aliphatic carbocycles. The van der Waals surface area contributed by atoms with Gasteiger partial charge < -0.3 is 15.4 Å². The lowest BCUT2D eigenvalue weighted by Gasteiger charge is -2.15. The molecule has 1 atom stereocenters. The van der Waals surface area contributed by atoms with Gasteiger partial charge in [-0.05, 0) is 56.1 Å². The molecular formula is C14H22N2O. The highest BCUT2D eigenvalue weighted by Gasteiger charge is 2.23. The Morgan fingerprint density at radius 3 is 3.12 bits per heavy atom. The van der Waals surface area contributed by atoms with E-state index in [0.717, 1.165) is 31.8 Å². The van der Waals surface area contributed by atoms with Gasteiger partial charge in [0.2, 0.25) is 0 Å². The molecule has 17 heavy (non-hydrogen) atoms. The summed E-state index contributed by atoms with van der Waals surface area (Å²) in [6, 6.07) is 8.46. The Labute approximate surface area is 104 Å². The van der Waals surface area contributed by atoms with Gasteiger partial charge in [-0.2, -0.15) is 0 Å². The number of nitrogens with zero attached hydrogens (tertiary/aromatic N) is 1. The molecular weight excluding hydrogens is 212 g/mol. The molecule has 1 saturated heterocycles. The highest BCUT2D eigenvalue weighted by atomic mass is 16.5. The minimum atomic E-state index is 0.655. The average molecular weight is 234 g/mol. The number of ether oxygens (including phenoxy) is 1. The quantitative estimate of drug-likeness (QED) is 0.844. The zero-order valence-electron chi connectivity index (χ0n) is 10.6. The molecule has 3 heteroatoms. The van der Waals surface area contributed by atoms with Gasteiger partial charge in [0.15, 0.2) is 0 Å². The second-order valence-electron chi connectivity index (χ2n) is 4.71. The maximum Gasteiger partial charge on any atom is 0.119 e. The van der Waals surface area contributed by atoms with Gasteiger partial charge in [-0.1, -0.05) is 12.1 Å². The lowest BCUT2D eigenvalue weighted by atomic mass is 9.98. The minimum absolute atomic E-state index is 0.655. The topological polar surface area (TPSA) is 38.5 Å². The summed E-state index contributed by atoms with van der Waals surface area (Å²) in [7, 11) is 1.72. The minimum Gasteiger partial charge on any atom is -0.497 e. The summed E-state index contributed by atoms with van der Waals surface area (Å²) in [4.78, 5) is 2.51. The summed E-state index contributed by atoms with van der Waals surface area (Å²) in [6.45, 7) is 4.28. The molecule has 1 fully saturated rings. The SMILES string of the molecule is COc1cccc([C@@H]2CCN(CCCN)C2)c1. The number of likely N-dealkylation sites (tertiary alicyclic amines) is 1. The van der Waals surface area contributed by atoms with Crippen LogP contribution in [0, 0.1) is 0 Å². The Balaban J connectivity index is 1.94. The van der Waals surface area contributed by atoms with Crippen molar-refractivity contribution in [2.24, 2.45) is 5.73 Å². The third-order valence-corrected chi connectivity index (χ3v) is 3.52.